The highest BCUT2D eigenvalue weighted by Gasteiger charge is 2.28. The quantitative estimate of drug-likeness (QED) is 0.320. The molecule has 0 saturated heterocycles. The van der Waals surface area contributed by atoms with Crippen molar-refractivity contribution in [1.82, 2.24) is 5.32 Å². The highest BCUT2D eigenvalue weighted by Crippen LogP contribution is 2.03. The number of hydrogen-bond donors (Lipinski definition) is 2. The van der Waals surface area contributed by atoms with E-state index in [1.165, 1.54) is 0 Å². The van der Waals surface area contributed by atoms with Gasteiger partial charge in [0.25, 0.3) is 0 Å². The average molecular weight is 305 g/mol. The molecular weight excluding hydrogens is 290 g/mol. The lowest BCUT2D eigenvalue weighted by Crippen LogP contribution is -2.46. The summed E-state index contributed by atoms with van der Waals surface area (Å²) in [4.78, 5) is 36.0. The van der Waals surface area contributed by atoms with Crippen molar-refractivity contribution in [2.75, 3.05) is 6.26 Å². The van der Waals surface area contributed by atoms with Crippen molar-refractivity contribution >= 4 is 33.7 Å². The molecule has 0 radical (unpaired) electrons. The van der Waals surface area contributed by atoms with Gasteiger partial charge in [-0.1, -0.05) is 0 Å². The fraction of sp³-hybridized carbons (Fsp3) is 0.600. The molecule has 10 heteroatoms. The van der Waals surface area contributed by atoms with E-state index in [9.17, 15) is 22.8 Å². The predicted octanol–water partition coefficient (Wildman–Crippen LogP) is -1.36. The molecule has 0 aliphatic heterocycles. The van der Waals surface area contributed by atoms with Crippen molar-refractivity contribution in [1.29, 1.82) is 0 Å². The number of hydrogen-bond acceptors (Lipinski definition) is 5. The van der Waals surface area contributed by atoms with E-state index in [0.717, 1.165) is 13.2 Å². The molecule has 0 aliphatic rings. The molecule has 20 heavy (non-hydrogen) atoms. The Bertz CT molecular complexity index is 549. The molecule has 1 amide bonds. The van der Waals surface area contributed by atoms with E-state index >= 15 is 0 Å². The third kappa shape index (κ3) is 6.21. The monoisotopic (exact) mass is 305 g/mol. The zero-order valence-electron chi connectivity index (χ0n) is 10.9. The maximum Gasteiger partial charge on any atom is 0.326 e. The highest BCUT2D eigenvalue weighted by atomic mass is 32.2. The molecule has 112 valence electrons. The highest BCUT2D eigenvalue weighted by molar-refractivity contribution is 7.92. The molecule has 2 N–H and O–H groups in total. The van der Waals surface area contributed by atoms with Crippen molar-refractivity contribution in [3.05, 3.63) is 5.53 Å². The molecule has 0 aromatic carbocycles. The van der Waals surface area contributed by atoms with E-state index in [-0.39, 0.29) is 12.8 Å². The van der Waals surface area contributed by atoms with Crippen LogP contribution in [0, 0.1) is 0 Å². The van der Waals surface area contributed by atoms with Gasteiger partial charge in [-0.2, -0.15) is 4.79 Å². The molecule has 0 heterocycles. The fourth-order valence-electron chi connectivity index (χ4n) is 1.16. The van der Waals surface area contributed by atoms with Crippen LogP contribution in [0.15, 0.2) is 0 Å². The SMILES string of the molecule is CC(C(=O)NC(CCC(=O)C=[N+]=[N-])C(=O)O)S(C)(=O)=O. The molecule has 0 spiro atoms. The number of carboxylic acid groups (broad SMARTS) is 1. The van der Waals surface area contributed by atoms with Gasteiger partial charge in [-0.15, -0.1) is 0 Å². The van der Waals surface area contributed by atoms with Crippen LogP contribution in [-0.4, -0.2) is 59.7 Å². The Hall–Kier alpha value is -2.06. The minimum Gasteiger partial charge on any atom is -0.480 e. The minimum atomic E-state index is -3.64. The fourth-order valence-corrected chi connectivity index (χ4v) is 1.61. The molecule has 0 aromatic rings. The van der Waals surface area contributed by atoms with Crippen molar-refractivity contribution in [2.45, 2.75) is 31.1 Å². The molecule has 0 rings (SSSR count). The number of carbonyl (C=O) groups excluding carboxylic acids is 2. The summed E-state index contributed by atoms with van der Waals surface area (Å²) in [6.07, 6.45) is 0.949. The van der Waals surface area contributed by atoms with Gasteiger partial charge in [-0.25, -0.2) is 13.2 Å². The van der Waals surface area contributed by atoms with Crippen LogP contribution in [0.5, 0.6) is 0 Å². The number of sulfone groups is 1. The van der Waals surface area contributed by atoms with Gasteiger partial charge in [0.15, 0.2) is 9.84 Å². The molecular formula is C10H15N3O6S. The zero-order valence-corrected chi connectivity index (χ0v) is 11.8. The van der Waals surface area contributed by atoms with Gasteiger partial charge in [-0.05, 0) is 13.3 Å². The van der Waals surface area contributed by atoms with Gasteiger partial charge < -0.3 is 16.0 Å². The smallest absolute Gasteiger partial charge is 0.326 e. The van der Waals surface area contributed by atoms with E-state index in [4.69, 9.17) is 10.6 Å². The Morgan fingerprint density at radius 2 is 1.95 bits per heavy atom. The minimum absolute atomic E-state index is 0.248. The lowest BCUT2D eigenvalue weighted by atomic mass is 10.1. The summed E-state index contributed by atoms with van der Waals surface area (Å²) in [7, 11) is -3.64. The summed E-state index contributed by atoms with van der Waals surface area (Å²) >= 11 is 0. The number of nitrogens with zero attached hydrogens (tertiary/aromatic N) is 2. The molecule has 0 saturated carbocycles. The number of Topliss-reactive ketones (excluding diaryl/α,β-unsaturated/α-hetero) is 1. The topological polar surface area (TPSA) is 154 Å². The standard InChI is InChI=1S/C10H15N3O6S/c1-6(20(2,18)19)9(15)13-8(10(16)17)4-3-7(14)5-12-11/h5-6,8H,3-4H2,1-2H3,(H,13,15)(H,16,17). The number of aliphatic carboxylic acids is 1. The maximum absolute atomic E-state index is 11.6. The Balaban J connectivity index is 4.72. The van der Waals surface area contributed by atoms with Crippen LogP contribution in [0.4, 0.5) is 0 Å². The van der Waals surface area contributed by atoms with E-state index in [1.807, 2.05) is 5.32 Å². The van der Waals surface area contributed by atoms with E-state index < -0.39 is 38.8 Å². The molecule has 2 atom stereocenters. The first-order valence-electron chi connectivity index (χ1n) is 5.52. The second-order valence-corrected chi connectivity index (χ2v) is 6.49. The summed E-state index contributed by atoms with van der Waals surface area (Å²) in [5, 5.41) is 9.54. The Kier molecular flexibility index (Phi) is 6.74. The largest absolute Gasteiger partial charge is 0.480 e. The Morgan fingerprint density at radius 3 is 2.35 bits per heavy atom. The van der Waals surface area contributed by atoms with Crippen molar-refractivity contribution < 1.29 is 32.7 Å². The van der Waals surface area contributed by atoms with E-state index in [1.54, 1.807) is 0 Å². The van der Waals surface area contributed by atoms with Gasteiger partial charge in [0.05, 0.1) is 0 Å². The van der Waals surface area contributed by atoms with Gasteiger partial charge in [0.1, 0.15) is 11.3 Å². The number of carbonyl (C=O) groups is 3. The summed E-state index contributed by atoms with van der Waals surface area (Å²) in [6, 6.07) is -1.40. The van der Waals surface area contributed by atoms with Crippen molar-refractivity contribution in [3.8, 4) is 0 Å². The number of nitrogens with one attached hydrogen (secondary N) is 1. The Labute approximate surface area is 115 Å². The molecule has 0 bridgehead atoms. The van der Waals surface area contributed by atoms with Gasteiger partial charge >= 0.3 is 12.2 Å². The van der Waals surface area contributed by atoms with Crippen LogP contribution in [0.1, 0.15) is 19.8 Å². The summed E-state index contributed by atoms with van der Waals surface area (Å²) < 4.78 is 22.3. The molecule has 9 nitrogen and oxygen atoms in total. The third-order valence-corrected chi connectivity index (χ3v) is 4.01. The molecule has 0 fully saturated rings. The van der Waals surface area contributed by atoms with Crippen LogP contribution >= 0.6 is 0 Å². The van der Waals surface area contributed by atoms with E-state index in [0.29, 0.717) is 6.21 Å². The predicted molar refractivity (Wildman–Crippen MR) is 67.8 cm³/mol. The molecule has 0 aromatic heterocycles. The normalized spacial score (nSPS) is 13.7. The van der Waals surface area contributed by atoms with Gasteiger partial charge in [-0.3, -0.25) is 9.59 Å². The van der Waals surface area contributed by atoms with E-state index in [2.05, 4.69) is 4.79 Å². The molecule has 2 unspecified atom stereocenters. The van der Waals surface area contributed by atoms with Crippen LogP contribution in [0.3, 0.4) is 0 Å². The first-order valence-corrected chi connectivity index (χ1v) is 7.47. The first-order chi connectivity index (χ1) is 9.09. The lowest BCUT2D eigenvalue weighted by Gasteiger charge is -2.16. The van der Waals surface area contributed by atoms with Crippen molar-refractivity contribution in [2.24, 2.45) is 0 Å². The lowest BCUT2D eigenvalue weighted by molar-refractivity contribution is -0.142. The number of carboxylic acids is 1. The summed E-state index contributed by atoms with van der Waals surface area (Å²) in [5.74, 6) is -2.97. The van der Waals surface area contributed by atoms with Gasteiger partial charge in [0, 0.05) is 12.7 Å². The van der Waals surface area contributed by atoms with Crippen LogP contribution in [0.25, 0.3) is 5.53 Å². The summed E-state index contributed by atoms with van der Waals surface area (Å²) in [5.41, 5.74) is 8.11. The number of rotatable bonds is 8. The first kappa shape index (κ1) is 17.9. The second kappa shape index (κ2) is 7.51. The number of amides is 1. The van der Waals surface area contributed by atoms with Crippen LogP contribution in [-0.2, 0) is 24.2 Å². The third-order valence-electron chi connectivity index (χ3n) is 2.51. The number of ketones is 1. The van der Waals surface area contributed by atoms with Crippen LogP contribution in [0.2, 0.25) is 0 Å². The van der Waals surface area contributed by atoms with Crippen molar-refractivity contribution in [3.63, 3.8) is 0 Å². The average Bonchev–Trinajstić information content (AvgIpc) is 2.31. The molecule has 0 aliphatic carbocycles. The van der Waals surface area contributed by atoms with Gasteiger partial charge in [0.2, 0.25) is 11.7 Å². The van der Waals surface area contributed by atoms with Crippen LogP contribution < -0.4 is 5.32 Å². The second-order valence-electron chi connectivity index (χ2n) is 4.12. The zero-order chi connectivity index (χ0) is 15.9. The maximum atomic E-state index is 11.6. The summed E-state index contributed by atoms with van der Waals surface area (Å²) in [6.45, 7) is 1.13. The Morgan fingerprint density at radius 1 is 1.40 bits per heavy atom.